The molecule has 0 aliphatic carbocycles. The van der Waals surface area contributed by atoms with Crippen molar-refractivity contribution in [2.75, 3.05) is 30.7 Å². The highest BCUT2D eigenvalue weighted by Crippen LogP contribution is 2.09. The number of rotatable bonds is 7. The van der Waals surface area contributed by atoms with Crippen molar-refractivity contribution in [3.8, 4) is 0 Å². The fourth-order valence-electron chi connectivity index (χ4n) is 1.19. The molecule has 0 aliphatic heterocycles. The first kappa shape index (κ1) is 15.6. The molecule has 0 spiro atoms. The van der Waals surface area contributed by atoms with Gasteiger partial charge in [0.2, 0.25) is 0 Å². The maximum absolute atomic E-state index is 11.6. The smallest absolute Gasteiger partial charge is 0.302 e. The number of hydrogen-bond acceptors (Lipinski definition) is 5. The van der Waals surface area contributed by atoms with E-state index in [2.05, 4.69) is 34.1 Å². The van der Waals surface area contributed by atoms with Crippen LogP contribution in [0.2, 0.25) is 0 Å². The molecule has 19 heavy (non-hydrogen) atoms. The van der Waals surface area contributed by atoms with Gasteiger partial charge in [0.05, 0.1) is 0 Å². The number of hydrogen-bond donors (Lipinski definition) is 2. The highest BCUT2D eigenvalue weighted by Gasteiger charge is 2.13. The molecule has 0 saturated carbocycles. The van der Waals surface area contributed by atoms with E-state index in [1.54, 1.807) is 12.1 Å². The largest absolute Gasteiger partial charge is 0.369 e. The third-order valence-corrected chi connectivity index (χ3v) is 3.84. The van der Waals surface area contributed by atoms with E-state index in [1.807, 2.05) is 0 Å². The molecular weight excluding hydrogens is 266 g/mol. The Hall–Kier alpha value is -1.41. The van der Waals surface area contributed by atoms with Crippen LogP contribution in [0, 0.1) is 5.92 Å². The van der Waals surface area contributed by atoms with Gasteiger partial charge in [0.1, 0.15) is 5.82 Å². The molecule has 0 radical (unpaired) electrons. The Morgan fingerprint density at radius 3 is 2.26 bits per heavy atom. The number of nitrogens with one attached hydrogen (secondary N) is 2. The average Bonchev–Trinajstić information content (AvgIpc) is 2.30. The normalized spacial score (nSPS) is 11.9. The van der Waals surface area contributed by atoms with Crippen LogP contribution in [-0.4, -0.2) is 43.6 Å². The van der Waals surface area contributed by atoms with Crippen LogP contribution < -0.4 is 10.0 Å². The van der Waals surface area contributed by atoms with Gasteiger partial charge in [-0.25, -0.2) is 0 Å². The minimum Gasteiger partial charge on any atom is -0.369 e. The van der Waals surface area contributed by atoms with E-state index in [0.29, 0.717) is 11.7 Å². The van der Waals surface area contributed by atoms with Crippen LogP contribution in [0.1, 0.15) is 20.3 Å². The third kappa shape index (κ3) is 5.39. The van der Waals surface area contributed by atoms with Crippen LogP contribution >= 0.6 is 0 Å². The van der Waals surface area contributed by atoms with Crippen molar-refractivity contribution in [3.63, 3.8) is 0 Å². The van der Waals surface area contributed by atoms with Gasteiger partial charge >= 0.3 is 10.2 Å². The Morgan fingerprint density at radius 2 is 1.79 bits per heavy atom. The van der Waals surface area contributed by atoms with Crippen molar-refractivity contribution < 1.29 is 8.42 Å². The van der Waals surface area contributed by atoms with Gasteiger partial charge in [0, 0.05) is 20.6 Å². The second kappa shape index (κ2) is 6.67. The standard InChI is InChI=1S/C11H21N5O2S/c1-9(2)7-8-12-10-5-6-11(14-13-10)15-19(17,18)16(3)4/h5-6,9H,7-8H2,1-4H3,(H,12,13)(H,14,15). The Balaban J connectivity index is 2.57. The van der Waals surface area contributed by atoms with Gasteiger partial charge in [0.25, 0.3) is 0 Å². The summed E-state index contributed by atoms with van der Waals surface area (Å²) in [5, 5.41) is 10.9. The lowest BCUT2D eigenvalue weighted by Crippen LogP contribution is -2.29. The van der Waals surface area contributed by atoms with E-state index in [0.717, 1.165) is 17.3 Å². The first-order valence-corrected chi connectivity index (χ1v) is 7.53. The Bertz CT molecular complexity index is 484. The zero-order valence-corrected chi connectivity index (χ0v) is 12.5. The number of anilines is 2. The molecular formula is C11H21N5O2S. The van der Waals surface area contributed by atoms with Gasteiger partial charge < -0.3 is 5.32 Å². The highest BCUT2D eigenvalue weighted by molar-refractivity contribution is 7.90. The zero-order valence-electron chi connectivity index (χ0n) is 11.7. The molecule has 108 valence electrons. The molecule has 0 saturated heterocycles. The molecule has 1 rings (SSSR count). The summed E-state index contributed by atoms with van der Waals surface area (Å²) in [5.74, 6) is 1.45. The SMILES string of the molecule is CC(C)CCNc1ccc(NS(=O)(=O)N(C)C)nn1. The van der Waals surface area contributed by atoms with Crippen molar-refractivity contribution in [2.24, 2.45) is 5.92 Å². The van der Waals surface area contributed by atoms with E-state index < -0.39 is 10.2 Å². The van der Waals surface area contributed by atoms with Gasteiger partial charge in [-0.2, -0.15) is 12.7 Å². The topological polar surface area (TPSA) is 87.2 Å². The molecule has 0 fully saturated rings. The second-order valence-electron chi connectivity index (χ2n) is 4.80. The molecule has 1 aromatic heterocycles. The second-order valence-corrected chi connectivity index (χ2v) is 6.69. The average molecular weight is 287 g/mol. The summed E-state index contributed by atoms with van der Waals surface area (Å²) in [4.78, 5) is 0. The summed E-state index contributed by atoms with van der Waals surface area (Å²) in [6, 6.07) is 3.27. The predicted molar refractivity (Wildman–Crippen MR) is 76.2 cm³/mol. The van der Waals surface area contributed by atoms with E-state index in [1.165, 1.54) is 14.1 Å². The minimum absolute atomic E-state index is 0.197. The third-order valence-electron chi connectivity index (χ3n) is 2.41. The Morgan fingerprint density at radius 1 is 1.21 bits per heavy atom. The lowest BCUT2D eigenvalue weighted by atomic mass is 10.1. The molecule has 0 amide bonds. The Labute approximate surface area is 114 Å². The van der Waals surface area contributed by atoms with E-state index in [-0.39, 0.29) is 5.82 Å². The van der Waals surface area contributed by atoms with Crippen LogP contribution in [0.15, 0.2) is 12.1 Å². The first-order valence-electron chi connectivity index (χ1n) is 6.09. The molecule has 0 unspecified atom stereocenters. The van der Waals surface area contributed by atoms with Gasteiger partial charge in [-0.3, -0.25) is 4.72 Å². The van der Waals surface area contributed by atoms with Crippen LogP contribution in [0.4, 0.5) is 11.6 Å². The van der Waals surface area contributed by atoms with Crippen molar-refractivity contribution >= 4 is 21.8 Å². The minimum atomic E-state index is -3.53. The number of aromatic nitrogens is 2. The summed E-state index contributed by atoms with van der Waals surface area (Å²) >= 11 is 0. The molecule has 1 aromatic rings. The quantitative estimate of drug-likeness (QED) is 0.785. The Kier molecular flexibility index (Phi) is 5.49. The number of nitrogens with zero attached hydrogens (tertiary/aromatic N) is 3. The zero-order chi connectivity index (χ0) is 14.5. The van der Waals surface area contributed by atoms with Crippen LogP contribution in [0.25, 0.3) is 0 Å². The van der Waals surface area contributed by atoms with E-state index in [4.69, 9.17) is 0 Å². The first-order chi connectivity index (χ1) is 8.81. The molecule has 0 bridgehead atoms. The molecule has 2 N–H and O–H groups in total. The monoisotopic (exact) mass is 287 g/mol. The maximum atomic E-state index is 11.6. The van der Waals surface area contributed by atoms with Crippen LogP contribution in [0.5, 0.6) is 0 Å². The summed E-state index contributed by atoms with van der Waals surface area (Å²) in [6.45, 7) is 5.11. The van der Waals surface area contributed by atoms with Crippen molar-refractivity contribution in [3.05, 3.63) is 12.1 Å². The lowest BCUT2D eigenvalue weighted by Gasteiger charge is -2.12. The van der Waals surface area contributed by atoms with Gasteiger partial charge in [0.15, 0.2) is 5.82 Å². The van der Waals surface area contributed by atoms with Crippen molar-refractivity contribution in [1.29, 1.82) is 0 Å². The highest BCUT2D eigenvalue weighted by atomic mass is 32.2. The summed E-state index contributed by atoms with van der Waals surface area (Å²) in [5.41, 5.74) is 0. The fraction of sp³-hybridized carbons (Fsp3) is 0.636. The molecule has 0 atom stereocenters. The van der Waals surface area contributed by atoms with Gasteiger partial charge in [-0.15, -0.1) is 10.2 Å². The van der Waals surface area contributed by atoms with Gasteiger partial charge in [-0.05, 0) is 24.5 Å². The van der Waals surface area contributed by atoms with Gasteiger partial charge in [-0.1, -0.05) is 13.8 Å². The van der Waals surface area contributed by atoms with Crippen molar-refractivity contribution in [1.82, 2.24) is 14.5 Å². The summed E-state index contributed by atoms with van der Waals surface area (Å²) in [7, 11) is -0.648. The maximum Gasteiger partial charge on any atom is 0.302 e. The van der Waals surface area contributed by atoms with E-state index in [9.17, 15) is 8.42 Å². The summed E-state index contributed by atoms with van der Waals surface area (Å²) in [6.07, 6.45) is 1.04. The fourth-order valence-corrected chi connectivity index (χ4v) is 1.75. The lowest BCUT2D eigenvalue weighted by molar-refractivity contribution is 0.526. The predicted octanol–water partition coefficient (Wildman–Crippen LogP) is 1.15. The van der Waals surface area contributed by atoms with E-state index >= 15 is 0 Å². The molecule has 1 heterocycles. The van der Waals surface area contributed by atoms with Crippen LogP contribution in [0.3, 0.4) is 0 Å². The molecule has 8 heteroatoms. The van der Waals surface area contributed by atoms with Crippen molar-refractivity contribution in [2.45, 2.75) is 20.3 Å². The molecule has 0 aromatic carbocycles. The van der Waals surface area contributed by atoms with Crippen LogP contribution in [-0.2, 0) is 10.2 Å². The summed E-state index contributed by atoms with van der Waals surface area (Å²) < 4.78 is 26.5. The molecule has 0 aliphatic rings. The molecule has 7 nitrogen and oxygen atoms in total.